The van der Waals surface area contributed by atoms with Crippen LogP contribution in [0.3, 0.4) is 0 Å². The Labute approximate surface area is 119 Å². The Morgan fingerprint density at radius 3 is 2.42 bits per heavy atom. The van der Waals surface area contributed by atoms with Gasteiger partial charge in [0.2, 0.25) is 0 Å². The highest BCUT2D eigenvalue weighted by molar-refractivity contribution is 4.71. The molecule has 2 heteroatoms. The highest BCUT2D eigenvalue weighted by Crippen LogP contribution is 2.27. The van der Waals surface area contributed by atoms with Gasteiger partial charge in [-0.15, -0.1) is 0 Å². The second-order valence-corrected chi connectivity index (χ2v) is 6.81. The van der Waals surface area contributed by atoms with Crippen LogP contribution in [0, 0.1) is 11.8 Å². The van der Waals surface area contributed by atoms with Crippen LogP contribution >= 0.6 is 0 Å². The molecule has 0 heterocycles. The van der Waals surface area contributed by atoms with Gasteiger partial charge in [0.05, 0.1) is 6.10 Å². The van der Waals surface area contributed by atoms with Crippen LogP contribution in [0.4, 0.5) is 0 Å². The molecule has 2 saturated carbocycles. The van der Waals surface area contributed by atoms with Crippen LogP contribution < -0.4 is 5.32 Å². The number of nitrogens with one attached hydrogen (secondary N) is 1. The summed E-state index contributed by atoms with van der Waals surface area (Å²) < 4.78 is 5.95. The fourth-order valence-electron chi connectivity index (χ4n) is 3.52. The topological polar surface area (TPSA) is 21.3 Å². The summed E-state index contributed by atoms with van der Waals surface area (Å²) in [4.78, 5) is 0. The molecule has 0 aromatic rings. The van der Waals surface area contributed by atoms with Crippen molar-refractivity contribution in [2.75, 3.05) is 19.7 Å². The second kappa shape index (κ2) is 8.97. The predicted octanol–water partition coefficient (Wildman–Crippen LogP) is 4.14. The molecule has 0 unspecified atom stereocenters. The van der Waals surface area contributed by atoms with Crippen LogP contribution in [0.2, 0.25) is 0 Å². The van der Waals surface area contributed by atoms with E-state index in [9.17, 15) is 0 Å². The quantitative estimate of drug-likeness (QED) is 0.700. The molecule has 1 N–H and O–H groups in total. The maximum atomic E-state index is 5.95. The summed E-state index contributed by atoms with van der Waals surface area (Å²) in [7, 11) is 0. The van der Waals surface area contributed by atoms with Crippen molar-refractivity contribution >= 4 is 0 Å². The summed E-state index contributed by atoms with van der Waals surface area (Å²) in [5.41, 5.74) is 0. The molecule has 0 saturated heterocycles. The largest absolute Gasteiger partial charge is 0.378 e. The Hall–Kier alpha value is -0.0800. The molecular formula is C17H33NO. The van der Waals surface area contributed by atoms with E-state index >= 15 is 0 Å². The predicted molar refractivity (Wildman–Crippen MR) is 81.4 cm³/mol. The van der Waals surface area contributed by atoms with Crippen LogP contribution in [0.15, 0.2) is 0 Å². The van der Waals surface area contributed by atoms with Gasteiger partial charge in [0.15, 0.2) is 0 Å². The van der Waals surface area contributed by atoms with E-state index in [1.165, 1.54) is 70.8 Å². The summed E-state index contributed by atoms with van der Waals surface area (Å²) in [6.07, 6.45) is 14.3. The average Bonchev–Trinajstić information content (AvgIpc) is 2.46. The zero-order valence-corrected chi connectivity index (χ0v) is 12.8. The molecular weight excluding hydrogens is 234 g/mol. The van der Waals surface area contributed by atoms with Crippen molar-refractivity contribution in [3.8, 4) is 0 Å². The maximum Gasteiger partial charge on any atom is 0.0575 e. The fourth-order valence-corrected chi connectivity index (χ4v) is 3.52. The molecule has 2 rings (SSSR count). The molecule has 19 heavy (non-hydrogen) atoms. The first-order chi connectivity index (χ1) is 9.34. The van der Waals surface area contributed by atoms with Gasteiger partial charge in [-0.1, -0.05) is 39.0 Å². The molecule has 2 nitrogen and oxygen atoms in total. The van der Waals surface area contributed by atoms with E-state index in [0.717, 1.165) is 25.0 Å². The fraction of sp³-hybridized carbons (Fsp3) is 1.00. The lowest BCUT2D eigenvalue weighted by Crippen LogP contribution is -2.27. The molecule has 0 amide bonds. The molecule has 0 radical (unpaired) electrons. The van der Waals surface area contributed by atoms with Crippen molar-refractivity contribution in [2.45, 2.75) is 77.2 Å². The molecule has 2 aliphatic rings. The van der Waals surface area contributed by atoms with Crippen molar-refractivity contribution in [3.05, 3.63) is 0 Å². The maximum absolute atomic E-state index is 5.95. The average molecular weight is 267 g/mol. The van der Waals surface area contributed by atoms with Crippen molar-refractivity contribution in [1.29, 1.82) is 0 Å². The molecule has 0 bridgehead atoms. The Bertz CT molecular complexity index is 217. The standard InChI is InChI=1S/C17H33NO/c1-15-8-10-16(11-9-15)14-18-12-5-13-19-17-6-3-2-4-7-17/h15-18H,2-14H2,1H3. The van der Waals surface area contributed by atoms with Crippen molar-refractivity contribution in [3.63, 3.8) is 0 Å². The summed E-state index contributed by atoms with van der Waals surface area (Å²) in [5.74, 6) is 1.91. The third-order valence-corrected chi connectivity index (χ3v) is 4.97. The van der Waals surface area contributed by atoms with Gasteiger partial charge in [-0.25, -0.2) is 0 Å². The first-order valence-electron chi connectivity index (χ1n) is 8.67. The first kappa shape index (κ1) is 15.3. The van der Waals surface area contributed by atoms with Gasteiger partial charge in [0, 0.05) is 6.61 Å². The van der Waals surface area contributed by atoms with Gasteiger partial charge in [0.25, 0.3) is 0 Å². The second-order valence-electron chi connectivity index (χ2n) is 6.81. The minimum Gasteiger partial charge on any atom is -0.378 e. The third kappa shape index (κ3) is 6.27. The molecule has 0 aromatic heterocycles. The van der Waals surface area contributed by atoms with Crippen molar-refractivity contribution in [1.82, 2.24) is 5.32 Å². The molecule has 0 aliphatic heterocycles. The van der Waals surface area contributed by atoms with Gasteiger partial charge in [0.1, 0.15) is 0 Å². The molecule has 112 valence electrons. The van der Waals surface area contributed by atoms with Gasteiger partial charge < -0.3 is 10.1 Å². The van der Waals surface area contributed by atoms with Gasteiger partial charge in [-0.2, -0.15) is 0 Å². The lowest BCUT2D eigenvalue weighted by atomic mass is 9.83. The summed E-state index contributed by atoms with van der Waals surface area (Å²) in [5, 5.41) is 3.63. The molecule has 2 fully saturated rings. The Morgan fingerprint density at radius 1 is 0.947 bits per heavy atom. The smallest absolute Gasteiger partial charge is 0.0575 e. The van der Waals surface area contributed by atoms with E-state index in [-0.39, 0.29) is 0 Å². The summed E-state index contributed by atoms with van der Waals surface area (Å²) in [6.45, 7) is 5.72. The first-order valence-corrected chi connectivity index (χ1v) is 8.67. The lowest BCUT2D eigenvalue weighted by molar-refractivity contribution is 0.0272. The zero-order valence-electron chi connectivity index (χ0n) is 12.8. The van der Waals surface area contributed by atoms with Crippen LogP contribution in [0.25, 0.3) is 0 Å². The monoisotopic (exact) mass is 267 g/mol. The summed E-state index contributed by atoms with van der Waals surface area (Å²) >= 11 is 0. The number of rotatable bonds is 7. The van der Waals surface area contributed by atoms with Crippen LogP contribution in [-0.4, -0.2) is 25.8 Å². The minimum atomic E-state index is 0.577. The van der Waals surface area contributed by atoms with Gasteiger partial charge >= 0.3 is 0 Å². The van der Waals surface area contributed by atoms with Crippen LogP contribution in [0.5, 0.6) is 0 Å². The normalized spacial score (nSPS) is 29.5. The molecule has 0 spiro atoms. The molecule has 0 atom stereocenters. The van der Waals surface area contributed by atoms with Crippen molar-refractivity contribution in [2.24, 2.45) is 11.8 Å². The number of hydrogen-bond acceptors (Lipinski definition) is 2. The number of hydrogen-bond donors (Lipinski definition) is 1. The lowest BCUT2D eigenvalue weighted by Gasteiger charge is -2.26. The zero-order chi connectivity index (χ0) is 13.3. The van der Waals surface area contributed by atoms with E-state index < -0.39 is 0 Å². The SMILES string of the molecule is CC1CCC(CNCCCOC2CCCCC2)CC1. The van der Waals surface area contributed by atoms with E-state index in [1.807, 2.05) is 0 Å². The van der Waals surface area contributed by atoms with E-state index in [1.54, 1.807) is 0 Å². The van der Waals surface area contributed by atoms with Crippen LogP contribution in [0.1, 0.15) is 71.1 Å². The molecule has 2 aliphatic carbocycles. The van der Waals surface area contributed by atoms with Crippen molar-refractivity contribution < 1.29 is 4.74 Å². The van der Waals surface area contributed by atoms with E-state index in [2.05, 4.69) is 12.2 Å². The highest BCUT2D eigenvalue weighted by Gasteiger charge is 2.17. The minimum absolute atomic E-state index is 0.577. The van der Waals surface area contributed by atoms with Gasteiger partial charge in [-0.3, -0.25) is 0 Å². The van der Waals surface area contributed by atoms with E-state index in [4.69, 9.17) is 4.74 Å². The summed E-state index contributed by atoms with van der Waals surface area (Å²) in [6, 6.07) is 0. The highest BCUT2D eigenvalue weighted by atomic mass is 16.5. The third-order valence-electron chi connectivity index (χ3n) is 4.97. The molecule has 0 aromatic carbocycles. The van der Waals surface area contributed by atoms with Gasteiger partial charge in [-0.05, 0) is 57.0 Å². The Balaban J connectivity index is 1.39. The number of ether oxygens (including phenoxy) is 1. The Morgan fingerprint density at radius 2 is 1.68 bits per heavy atom. The van der Waals surface area contributed by atoms with Crippen LogP contribution in [-0.2, 0) is 4.74 Å². The van der Waals surface area contributed by atoms with E-state index in [0.29, 0.717) is 6.10 Å². The Kier molecular flexibility index (Phi) is 7.23.